The summed E-state index contributed by atoms with van der Waals surface area (Å²) < 4.78 is 0. The minimum absolute atomic E-state index is 0.335. The first kappa shape index (κ1) is 10.8. The Morgan fingerprint density at radius 2 is 1.71 bits per heavy atom. The van der Waals surface area contributed by atoms with Gasteiger partial charge in [-0.3, -0.25) is 5.32 Å². The molecule has 1 N–H and O–H groups in total. The lowest BCUT2D eigenvalue weighted by Crippen LogP contribution is -2.49. The van der Waals surface area contributed by atoms with E-state index in [4.69, 9.17) is 0 Å². The molecule has 0 aliphatic heterocycles. The van der Waals surface area contributed by atoms with E-state index in [1.165, 1.54) is 36.8 Å². The van der Waals surface area contributed by atoms with Crippen molar-refractivity contribution in [1.82, 2.24) is 5.32 Å². The summed E-state index contributed by atoms with van der Waals surface area (Å²) in [6.07, 6.45) is 6.84. The van der Waals surface area contributed by atoms with Crippen LogP contribution >= 0.6 is 0 Å². The van der Waals surface area contributed by atoms with Crippen molar-refractivity contribution in [2.75, 3.05) is 0 Å². The first-order valence-electron chi connectivity index (χ1n) is 6.57. The van der Waals surface area contributed by atoms with E-state index in [0.717, 1.165) is 12.8 Å². The first-order valence-corrected chi connectivity index (χ1v) is 6.57. The molecular weight excluding hydrogens is 208 g/mol. The minimum Gasteiger partial charge on any atom is -0.296 e. The molecule has 2 heteroatoms. The Labute approximate surface area is 103 Å². The molecule has 2 aliphatic carbocycles. The van der Waals surface area contributed by atoms with E-state index in [0.29, 0.717) is 6.04 Å². The monoisotopic (exact) mass is 226 g/mol. The average molecular weight is 226 g/mol. The van der Waals surface area contributed by atoms with Crippen molar-refractivity contribution in [3.05, 3.63) is 35.4 Å². The fourth-order valence-corrected chi connectivity index (χ4v) is 3.29. The number of rotatable bonds is 2. The van der Waals surface area contributed by atoms with Crippen molar-refractivity contribution in [2.45, 2.75) is 50.1 Å². The molecule has 0 amide bonds. The number of nitrogens with zero attached hydrogens (tertiary/aromatic N) is 1. The summed E-state index contributed by atoms with van der Waals surface area (Å²) >= 11 is 0. The van der Waals surface area contributed by atoms with Crippen molar-refractivity contribution >= 4 is 0 Å². The van der Waals surface area contributed by atoms with Crippen LogP contribution in [0.25, 0.3) is 0 Å². The van der Waals surface area contributed by atoms with Gasteiger partial charge in [-0.15, -0.1) is 0 Å². The molecule has 0 spiro atoms. The van der Waals surface area contributed by atoms with E-state index in [2.05, 4.69) is 35.7 Å². The number of hydrogen-bond acceptors (Lipinski definition) is 2. The molecule has 0 aromatic heterocycles. The third-order valence-electron chi connectivity index (χ3n) is 4.15. The van der Waals surface area contributed by atoms with Crippen molar-refractivity contribution in [2.24, 2.45) is 0 Å². The van der Waals surface area contributed by atoms with Gasteiger partial charge in [0.1, 0.15) is 5.54 Å². The Bertz CT molecular complexity index is 427. The van der Waals surface area contributed by atoms with Gasteiger partial charge in [0.25, 0.3) is 0 Å². The number of benzene rings is 1. The molecule has 0 radical (unpaired) electrons. The van der Waals surface area contributed by atoms with Crippen LogP contribution < -0.4 is 5.32 Å². The maximum Gasteiger partial charge on any atom is 0.115 e. The highest BCUT2D eigenvalue weighted by Gasteiger charge is 2.39. The van der Waals surface area contributed by atoms with Crippen LogP contribution in [0.3, 0.4) is 0 Å². The Morgan fingerprint density at radius 1 is 1.12 bits per heavy atom. The molecule has 0 heterocycles. The minimum atomic E-state index is -0.335. The standard InChI is InChI=1S/C15H18N2/c16-11-15(17-14-7-3-4-8-14)9-12-5-1-2-6-13(12)10-15/h1-2,5-6,14,17H,3-4,7-10H2. The van der Waals surface area contributed by atoms with Crippen LogP contribution in [-0.4, -0.2) is 11.6 Å². The lowest BCUT2D eigenvalue weighted by Gasteiger charge is -2.26. The van der Waals surface area contributed by atoms with E-state index in [1.54, 1.807) is 0 Å². The van der Waals surface area contributed by atoms with Crippen LogP contribution in [-0.2, 0) is 12.8 Å². The zero-order valence-corrected chi connectivity index (χ0v) is 10.1. The zero-order valence-electron chi connectivity index (χ0n) is 10.1. The van der Waals surface area contributed by atoms with Gasteiger partial charge in [0, 0.05) is 18.9 Å². The smallest absolute Gasteiger partial charge is 0.115 e. The molecule has 2 aliphatic rings. The van der Waals surface area contributed by atoms with Crippen molar-refractivity contribution in [3.63, 3.8) is 0 Å². The molecule has 0 atom stereocenters. The van der Waals surface area contributed by atoms with E-state index in [1.807, 2.05) is 0 Å². The van der Waals surface area contributed by atoms with E-state index >= 15 is 0 Å². The summed E-state index contributed by atoms with van der Waals surface area (Å²) in [6, 6.07) is 11.6. The molecule has 1 aromatic rings. The Morgan fingerprint density at radius 3 is 2.24 bits per heavy atom. The molecule has 88 valence electrons. The molecule has 17 heavy (non-hydrogen) atoms. The van der Waals surface area contributed by atoms with Gasteiger partial charge in [-0.25, -0.2) is 0 Å². The number of hydrogen-bond donors (Lipinski definition) is 1. The SMILES string of the molecule is N#CC1(NC2CCCC2)Cc2ccccc2C1. The molecule has 0 unspecified atom stereocenters. The highest BCUT2D eigenvalue weighted by atomic mass is 15.0. The first-order chi connectivity index (χ1) is 8.31. The maximum atomic E-state index is 9.54. The molecule has 1 fully saturated rings. The molecular formula is C15H18N2. The summed E-state index contributed by atoms with van der Waals surface area (Å²) in [6.45, 7) is 0. The Hall–Kier alpha value is -1.33. The maximum absolute atomic E-state index is 9.54. The Balaban J connectivity index is 1.80. The average Bonchev–Trinajstić information content (AvgIpc) is 2.96. The van der Waals surface area contributed by atoms with Crippen LogP contribution in [0.5, 0.6) is 0 Å². The molecule has 3 rings (SSSR count). The van der Waals surface area contributed by atoms with Crippen molar-refractivity contribution in [3.8, 4) is 6.07 Å². The summed E-state index contributed by atoms with van der Waals surface area (Å²) in [4.78, 5) is 0. The van der Waals surface area contributed by atoms with Gasteiger partial charge in [0.05, 0.1) is 6.07 Å². The van der Waals surface area contributed by atoms with Gasteiger partial charge < -0.3 is 0 Å². The number of fused-ring (bicyclic) bond motifs is 1. The van der Waals surface area contributed by atoms with Crippen LogP contribution in [0.15, 0.2) is 24.3 Å². The summed E-state index contributed by atoms with van der Waals surface area (Å²) in [5.74, 6) is 0. The zero-order chi connectivity index (χ0) is 11.7. The second-order valence-corrected chi connectivity index (χ2v) is 5.44. The second-order valence-electron chi connectivity index (χ2n) is 5.44. The van der Waals surface area contributed by atoms with Crippen LogP contribution in [0.2, 0.25) is 0 Å². The number of nitrogens with one attached hydrogen (secondary N) is 1. The summed E-state index contributed by atoms with van der Waals surface area (Å²) in [5, 5.41) is 13.2. The van der Waals surface area contributed by atoms with Crippen molar-refractivity contribution in [1.29, 1.82) is 5.26 Å². The number of nitriles is 1. The molecule has 0 bridgehead atoms. The van der Waals surface area contributed by atoms with Gasteiger partial charge >= 0.3 is 0 Å². The lowest BCUT2D eigenvalue weighted by atomic mass is 9.96. The van der Waals surface area contributed by atoms with Gasteiger partial charge in [-0.2, -0.15) is 5.26 Å². The molecule has 2 nitrogen and oxygen atoms in total. The fourth-order valence-electron chi connectivity index (χ4n) is 3.29. The highest BCUT2D eigenvalue weighted by molar-refractivity contribution is 5.40. The molecule has 1 saturated carbocycles. The second kappa shape index (κ2) is 4.16. The van der Waals surface area contributed by atoms with Gasteiger partial charge in [-0.1, -0.05) is 37.1 Å². The molecule has 1 aromatic carbocycles. The van der Waals surface area contributed by atoms with Crippen molar-refractivity contribution < 1.29 is 0 Å². The van der Waals surface area contributed by atoms with Crippen LogP contribution in [0.1, 0.15) is 36.8 Å². The summed E-state index contributed by atoms with van der Waals surface area (Å²) in [5.41, 5.74) is 2.36. The molecule has 0 saturated heterocycles. The van der Waals surface area contributed by atoms with E-state index in [9.17, 15) is 5.26 Å². The van der Waals surface area contributed by atoms with E-state index < -0.39 is 0 Å². The van der Waals surface area contributed by atoms with E-state index in [-0.39, 0.29) is 5.54 Å². The highest BCUT2D eigenvalue weighted by Crippen LogP contribution is 2.31. The lowest BCUT2D eigenvalue weighted by molar-refractivity contribution is 0.367. The topological polar surface area (TPSA) is 35.8 Å². The fraction of sp³-hybridized carbons (Fsp3) is 0.533. The predicted molar refractivity (Wildman–Crippen MR) is 67.6 cm³/mol. The van der Waals surface area contributed by atoms with Crippen LogP contribution in [0.4, 0.5) is 0 Å². The third kappa shape index (κ3) is 1.96. The van der Waals surface area contributed by atoms with Gasteiger partial charge in [0.15, 0.2) is 0 Å². The largest absolute Gasteiger partial charge is 0.296 e. The Kier molecular flexibility index (Phi) is 2.64. The van der Waals surface area contributed by atoms with Gasteiger partial charge in [-0.05, 0) is 24.0 Å². The quantitative estimate of drug-likeness (QED) is 0.841. The normalized spacial score (nSPS) is 22.3. The van der Waals surface area contributed by atoms with Gasteiger partial charge in [0.2, 0.25) is 0 Å². The summed E-state index contributed by atoms with van der Waals surface area (Å²) in [7, 11) is 0. The van der Waals surface area contributed by atoms with Crippen LogP contribution in [0, 0.1) is 11.3 Å². The predicted octanol–water partition coefficient (Wildman–Crippen LogP) is 2.58. The third-order valence-corrected chi connectivity index (χ3v) is 4.15.